The summed E-state index contributed by atoms with van der Waals surface area (Å²) in [6.07, 6.45) is 5.98. The fraction of sp³-hybridized carbons (Fsp3) is 0.412. The molecule has 1 amide bonds. The lowest BCUT2D eigenvalue weighted by molar-refractivity contribution is -0.131. The van der Waals surface area contributed by atoms with E-state index in [9.17, 15) is 9.59 Å². The van der Waals surface area contributed by atoms with E-state index in [1.54, 1.807) is 0 Å². The second-order valence-electron chi connectivity index (χ2n) is 6.16. The zero-order valence-electron chi connectivity index (χ0n) is 12.0. The first-order chi connectivity index (χ1) is 10.0. The lowest BCUT2D eigenvalue weighted by atomic mass is 10.0. The van der Waals surface area contributed by atoms with Crippen molar-refractivity contribution in [1.82, 2.24) is 0 Å². The van der Waals surface area contributed by atoms with E-state index in [1.807, 2.05) is 25.1 Å². The number of carboxylic acid groups (broad SMARTS) is 1. The second-order valence-corrected chi connectivity index (χ2v) is 6.16. The number of hydrogen-bond donors (Lipinski definition) is 2. The van der Waals surface area contributed by atoms with Crippen LogP contribution in [0.3, 0.4) is 0 Å². The van der Waals surface area contributed by atoms with Crippen molar-refractivity contribution < 1.29 is 14.7 Å². The Hall–Kier alpha value is -2.10. The lowest BCUT2D eigenvalue weighted by Gasteiger charge is -2.14. The monoisotopic (exact) mass is 285 g/mol. The van der Waals surface area contributed by atoms with Crippen LogP contribution in [0.4, 0.5) is 5.69 Å². The molecule has 0 spiro atoms. The van der Waals surface area contributed by atoms with E-state index >= 15 is 0 Å². The van der Waals surface area contributed by atoms with Crippen LogP contribution in [-0.4, -0.2) is 17.0 Å². The minimum absolute atomic E-state index is 0.102. The van der Waals surface area contributed by atoms with Gasteiger partial charge in [-0.05, 0) is 61.3 Å². The average Bonchev–Trinajstić information content (AvgIpc) is 3.05. The number of aliphatic carboxylic acids is 1. The van der Waals surface area contributed by atoms with Gasteiger partial charge >= 0.3 is 5.97 Å². The first-order valence-corrected chi connectivity index (χ1v) is 7.35. The number of rotatable bonds is 4. The van der Waals surface area contributed by atoms with Crippen molar-refractivity contribution in [2.45, 2.75) is 26.2 Å². The van der Waals surface area contributed by atoms with Gasteiger partial charge in [-0.1, -0.05) is 12.1 Å². The molecular weight excluding hydrogens is 266 g/mol. The van der Waals surface area contributed by atoms with Crippen LogP contribution in [0, 0.1) is 24.7 Å². The maximum atomic E-state index is 12.3. The van der Waals surface area contributed by atoms with E-state index < -0.39 is 5.97 Å². The van der Waals surface area contributed by atoms with E-state index in [0.717, 1.165) is 47.6 Å². The number of carbonyl (C=O) groups excluding carboxylic acids is 1. The summed E-state index contributed by atoms with van der Waals surface area (Å²) >= 11 is 0. The van der Waals surface area contributed by atoms with Crippen molar-refractivity contribution in [3.8, 4) is 0 Å². The van der Waals surface area contributed by atoms with Crippen molar-refractivity contribution in [3.05, 3.63) is 35.4 Å². The molecule has 2 atom stereocenters. The van der Waals surface area contributed by atoms with Gasteiger partial charge in [-0.15, -0.1) is 0 Å². The summed E-state index contributed by atoms with van der Waals surface area (Å²) in [7, 11) is 0. The molecular formula is C17H19NO3. The standard InChI is InChI=1S/C17H19NO3/c1-10-2-3-11(4-5-16(19)20)6-15(10)18-17(21)14-8-12-7-13(12)9-14/h2-6,12-14H,7-9H2,1H3,(H,18,21)(H,19,20)/b5-4+. The molecule has 2 unspecified atom stereocenters. The van der Waals surface area contributed by atoms with Crippen LogP contribution in [0.25, 0.3) is 6.08 Å². The Labute approximate surface area is 123 Å². The number of amides is 1. The van der Waals surface area contributed by atoms with E-state index in [-0.39, 0.29) is 11.8 Å². The number of benzene rings is 1. The Morgan fingerprint density at radius 3 is 2.62 bits per heavy atom. The van der Waals surface area contributed by atoms with Gasteiger partial charge in [-0.2, -0.15) is 0 Å². The quantitative estimate of drug-likeness (QED) is 0.835. The smallest absolute Gasteiger partial charge is 0.328 e. The molecule has 4 nitrogen and oxygen atoms in total. The van der Waals surface area contributed by atoms with Gasteiger partial charge in [0.05, 0.1) is 0 Å². The summed E-state index contributed by atoms with van der Waals surface area (Å²) < 4.78 is 0. The average molecular weight is 285 g/mol. The SMILES string of the molecule is Cc1ccc(/C=C/C(=O)O)cc1NC(=O)C1CC2CC2C1. The molecule has 2 saturated carbocycles. The minimum atomic E-state index is -0.980. The molecule has 2 N–H and O–H groups in total. The van der Waals surface area contributed by atoms with Gasteiger partial charge < -0.3 is 10.4 Å². The highest BCUT2D eigenvalue weighted by atomic mass is 16.4. The molecule has 0 radical (unpaired) electrons. The summed E-state index contributed by atoms with van der Waals surface area (Å²) in [6, 6.07) is 5.56. The highest BCUT2D eigenvalue weighted by molar-refractivity contribution is 5.94. The summed E-state index contributed by atoms with van der Waals surface area (Å²) in [5, 5.41) is 11.7. The zero-order chi connectivity index (χ0) is 15.0. The third kappa shape index (κ3) is 3.15. The highest BCUT2D eigenvalue weighted by Gasteiger charge is 2.47. The van der Waals surface area contributed by atoms with Crippen LogP contribution in [-0.2, 0) is 9.59 Å². The fourth-order valence-electron chi connectivity index (χ4n) is 3.21. The van der Waals surface area contributed by atoms with Crippen LogP contribution in [0.5, 0.6) is 0 Å². The second kappa shape index (κ2) is 5.35. The summed E-state index contributed by atoms with van der Waals surface area (Å²) in [5.41, 5.74) is 2.53. The summed E-state index contributed by atoms with van der Waals surface area (Å²) in [6.45, 7) is 1.94. The molecule has 0 bridgehead atoms. The zero-order valence-corrected chi connectivity index (χ0v) is 12.0. The molecule has 2 aliphatic carbocycles. The molecule has 0 aromatic heterocycles. The Morgan fingerprint density at radius 1 is 1.24 bits per heavy atom. The maximum absolute atomic E-state index is 12.3. The predicted molar refractivity (Wildman–Crippen MR) is 80.8 cm³/mol. The Balaban J connectivity index is 1.70. The van der Waals surface area contributed by atoms with Gasteiger partial charge in [0.2, 0.25) is 5.91 Å². The number of nitrogens with one attached hydrogen (secondary N) is 1. The third-order valence-electron chi connectivity index (χ3n) is 4.55. The first kappa shape index (κ1) is 13.9. The van der Waals surface area contributed by atoms with Crippen molar-refractivity contribution in [2.75, 3.05) is 5.32 Å². The summed E-state index contributed by atoms with van der Waals surface area (Å²) in [4.78, 5) is 22.8. The Morgan fingerprint density at radius 2 is 1.95 bits per heavy atom. The van der Waals surface area contributed by atoms with Gasteiger partial charge in [0.15, 0.2) is 0 Å². The highest BCUT2D eigenvalue weighted by Crippen LogP contribution is 2.54. The molecule has 4 heteroatoms. The number of hydrogen-bond acceptors (Lipinski definition) is 2. The van der Waals surface area contributed by atoms with Crippen molar-refractivity contribution >= 4 is 23.6 Å². The van der Waals surface area contributed by atoms with Gasteiger partial charge in [0.25, 0.3) is 0 Å². The maximum Gasteiger partial charge on any atom is 0.328 e. The topological polar surface area (TPSA) is 66.4 Å². The molecule has 0 heterocycles. The van der Waals surface area contributed by atoms with Crippen molar-refractivity contribution in [3.63, 3.8) is 0 Å². The van der Waals surface area contributed by atoms with Gasteiger partial charge in [0.1, 0.15) is 0 Å². The minimum Gasteiger partial charge on any atom is -0.478 e. The van der Waals surface area contributed by atoms with E-state index in [0.29, 0.717) is 0 Å². The van der Waals surface area contributed by atoms with Crippen molar-refractivity contribution in [1.29, 1.82) is 0 Å². The molecule has 1 aromatic rings. The van der Waals surface area contributed by atoms with Gasteiger partial charge in [0, 0.05) is 17.7 Å². The van der Waals surface area contributed by atoms with Crippen LogP contribution < -0.4 is 5.32 Å². The molecule has 0 saturated heterocycles. The van der Waals surface area contributed by atoms with Crippen LogP contribution in [0.2, 0.25) is 0 Å². The molecule has 1 aromatic carbocycles. The van der Waals surface area contributed by atoms with Crippen molar-refractivity contribution in [2.24, 2.45) is 17.8 Å². The van der Waals surface area contributed by atoms with Crippen LogP contribution in [0.1, 0.15) is 30.4 Å². The molecule has 110 valence electrons. The number of aryl methyl sites for hydroxylation is 1. The van der Waals surface area contributed by atoms with Gasteiger partial charge in [-0.25, -0.2) is 4.79 Å². The fourth-order valence-corrected chi connectivity index (χ4v) is 3.21. The van der Waals surface area contributed by atoms with Gasteiger partial charge in [-0.3, -0.25) is 4.79 Å². The summed E-state index contributed by atoms with van der Waals surface area (Å²) in [5.74, 6) is 0.834. The molecule has 3 rings (SSSR count). The van der Waals surface area contributed by atoms with E-state index in [1.165, 1.54) is 12.5 Å². The largest absolute Gasteiger partial charge is 0.478 e. The predicted octanol–water partition coefficient (Wildman–Crippen LogP) is 3.08. The Kier molecular flexibility index (Phi) is 3.53. The molecule has 2 fully saturated rings. The van der Waals surface area contributed by atoms with E-state index in [4.69, 9.17) is 5.11 Å². The van der Waals surface area contributed by atoms with Crippen LogP contribution in [0.15, 0.2) is 24.3 Å². The normalized spacial score (nSPS) is 26.6. The number of fused-ring (bicyclic) bond motifs is 1. The molecule has 0 aliphatic heterocycles. The van der Waals surface area contributed by atoms with E-state index in [2.05, 4.69) is 5.32 Å². The van der Waals surface area contributed by atoms with Crippen LogP contribution >= 0.6 is 0 Å². The molecule has 2 aliphatic rings. The number of carbonyl (C=O) groups is 2. The lowest BCUT2D eigenvalue weighted by Crippen LogP contribution is -2.22. The number of carboxylic acids is 1. The number of anilines is 1. The first-order valence-electron chi connectivity index (χ1n) is 7.35. The third-order valence-corrected chi connectivity index (χ3v) is 4.55. The molecule has 21 heavy (non-hydrogen) atoms. The Bertz CT molecular complexity index is 610.